The molecule has 0 radical (unpaired) electrons. The van der Waals surface area contributed by atoms with Gasteiger partial charge in [-0.3, -0.25) is 0 Å². The van der Waals surface area contributed by atoms with Crippen LogP contribution in [0.25, 0.3) is 98.5 Å². The third-order valence-electron chi connectivity index (χ3n) is 11.3. The Morgan fingerprint density at radius 1 is 0.421 bits per heavy atom. The minimum Gasteiger partial charge on any atom is -0.309 e. The van der Waals surface area contributed by atoms with Gasteiger partial charge in [-0.1, -0.05) is 91.0 Å². The van der Waals surface area contributed by atoms with Crippen LogP contribution in [0.4, 0.5) is 5.69 Å². The first kappa shape index (κ1) is 32.1. The van der Waals surface area contributed by atoms with Crippen molar-refractivity contribution in [1.82, 2.24) is 13.7 Å². The number of nitrogens with zero attached hydrogens (tertiary/aromatic N) is 6. The van der Waals surface area contributed by atoms with Gasteiger partial charge in [-0.25, -0.2) is 4.85 Å². The van der Waals surface area contributed by atoms with E-state index in [-0.39, 0.29) is 0 Å². The molecule has 0 aliphatic carbocycles. The van der Waals surface area contributed by atoms with Gasteiger partial charge in [0.1, 0.15) is 0 Å². The van der Waals surface area contributed by atoms with E-state index in [1.54, 1.807) is 0 Å². The molecule has 0 amide bonds. The third kappa shape index (κ3) is 4.68. The molecule has 0 unspecified atom stereocenters. The first-order valence-corrected chi connectivity index (χ1v) is 18.7. The predicted molar refractivity (Wildman–Crippen MR) is 231 cm³/mol. The summed E-state index contributed by atoms with van der Waals surface area (Å²) in [5.74, 6) is 0. The second-order valence-corrected chi connectivity index (χ2v) is 14.3. The van der Waals surface area contributed by atoms with Crippen molar-refractivity contribution in [2.45, 2.75) is 0 Å². The Kier molecular flexibility index (Phi) is 6.95. The molecule has 0 atom stereocenters. The quantitative estimate of drug-likeness (QED) is 0.170. The minimum atomic E-state index is 0.547. The number of benzene rings is 8. The number of hydrogen-bond acceptors (Lipinski definition) is 2. The van der Waals surface area contributed by atoms with Crippen LogP contribution in [0, 0.1) is 29.2 Å². The van der Waals surface area contributed by atoms with E-state index in [0.29, 0.717) is 16.8 Å². The fourth-order valence-corrected chi connectivity index (χ4v) is 8.91. The fourth-order valence-electron chi connectivity index (χ4n) is 8.91. The van der Waals surface area contributed by atoms with Gasteiger partial charge in [0.15, 0.2) is 5.69 Å². The van der Waals surface area contributed by atoms with Crippen molar-refractivity contribution in [3.8, 4) is 40.3 Å². The standard InChI is InChI=1S/C51H28N6/c1-54-35-22-24-49-43(29-35)40-14-5-8-18-46(40)56(49)44-16-6-2-11-37(44)34-25-33(31-53)26-36(28-34)55-45-17-7-3-12-38(45)41-15-10-20-50(51(41)55)57-47-19-9-4-13-39(47)42-27-32(30-52)21-23-48(42)57/h2-29H. The molecule has 6 nitrogen and oxygen atoms in total. The molecule has 0 N–H and O–H groups in total. The Hall–Kier alpha value is -8.37. The van der Waals surface area contributed by atoms with Crippen LogP contribution in [-0.2, 0) is 0 Å². The number of para-hydroxylation sites is 5. The molecule has 6 heteroatoms. The lowest BCUT2D eigenvalue weighted by Gasteiger charge is -2.17. The molecule has 57 heavy (non-hydrogen) atoms. The summed E-state index contributed by atoms with van der Waals surface area (Å²) in [5.41, 5.74) is 12.6. The van der Waals surface area contributed by atoms with Crippen LogP contribution < -0.4 is 0 Å². The summed E-state index contributed by atoms with van der Waals surface area (Å²) in [6.45, 7) is 7.68. The van der Waals surface area contributed by atoms with Crippen molar-refractivity contribution in [1.29, 1.82) is 10.5 Å². The molecule has 11 rings (SSSR count). The molecule has 3 heterocycles. The average molecular weight is 725 g/mol. The highest BCUT2D eigenvalue weighted by Gasteiger charge is 2.22. The van der Waals surface area contributed by atoms with E-state index >= 15 is 0 Å². The van der Waals surface area contributed by atoms with Crippen LogP contribution in [0.5, 0.6) is 0 Å². The number of rotatable bonds is 4. The topological polar surface area (TPSA) is 66.7 Å². The van der Waals surface area contributed by atoms with Crippen LogP contribution in [0.3, 0.4) is 0 Å². The van der Waals surface area contributed by atoms with Crippen LogP contribution in [-0.4, -0.2) is 13.7 Å². The molecule has 0 spiro atoms. The Balaban J connectivity index is 1.21. The first-order chi connectivity index (χ1) is 28.1. The van der Waals surface area contributed by atoms with Crippen molar-refractivity contribution in [2.75, 3.05) is 0 Å². The van der Waals surface area contributed by atoms with Crippen LogP contribution in [0.15, 0.2) is 170 Å². The molecular weight excluding hydrogens is 697 g/mol. The monoisotopic (exact) mass is 724 g/mol. The minimum absolute atomic E-state index is 0.547. The van der Waals surface area contributed by atoms with E-state index in [2.05, 4.69) is 122 Å². The zero-order chi connectivity index (χ0) is 38.2. The van der Waals surface area contributed by atoms with Crippen molar-refractivity contribution in [3.05, 3.63) is 192 Å². The van der Waals surface area contributed by atoms with Gasteiger partial charge in [0, 0.05) is 38.2 Å². The van der Waals surface area contributed by atoms with Gasteiger partial charge in [0.2, 0.25) is 0 Å². The summed E-state index contributed by atoms with van der Waals surface area (Å²) >= 11 is 0. The fraction of sp³-hybridized carbons (Fsp3) is 0. The number of aromatic nitrogens is 3. The van der Waals surface area contributed by atoms with Gasteiger partial charge in [0.05, 0.1) is 74.3 Å². The number of nitriles is 2. The van der Waals surface area contributed by atoms with E-state index in [1.165, 1.54) is 0 Å². The summed E-state index contributed by atoms with van der Waals surface area (Å²) in [6.07, 6.45) is 0. The van der Waals surface area contributed by atoms with Gasteiger partial charge >= 0.3 is 0 Å². The molecule has 0 fully saturated rings. The zero-order valence-corrected chi connectivity index (χ0v) is 30.3. The molecule has 0 aliphatic heterocycles. The molecule has 8 aromatic carbocycles. The van der Waals surface area contributed by atoms with E-state index in [1.807, 2.05) is 78.9 Å². The Labute approximate surface area is 326 Å². The smallest absolute Gasteiger partial charge is 0.188 e. The largest absolute Gasteiger partial charge is 0.309 e. The molecule has 262 valence electrons. The molecule has 0 saturated carbocycles. The maximum Gasteiger partial charge on any atom is 0.188 e. The Bertz CT molecular complexity index is 3630. The summed E-state index contributed by atoms with van der Waals surface area (Å²) in [6, 6.07) is 62.6. The lowest BCUT2D eigenvalue weighted by molar-refractivity contribution is 1.13. The summed E-state index contributed by atoms with van der Waals surface area (Å²) in [5, 5.41) is 26.8. The summed E-state index contributed by atoms with van der Waals surface area (Å²) < 4.78 is 6.87. The second-order valence-electron chi connectivity index (χ2n) is 14.3. The average Bonchev–Trinajstić information content (AvgIpc) is 3.91. The highest BCUT2D eigenvalue weighted by Crippen LogP contribution is 2.42. The highest BCUT2D eigenvalue weighted by atomic mass is 15.1. The number of fused-ring (bicyclic) bond motifs is 9. The lowest BCUT2D eigenvalue weighted by Crippen LogP contribution is -2.02. The molecule has 3 aromatic heterocycles. The van der Waals surface area contributed by atoms with Gasteiger partial charge in [0.25, 0.3) is 0 Å². The van der Waals surface area contributed by atoms with Crippen LogP contribution in [0.1, 0.15) is 11.1 Å². The normalized spacial score (nSPS) is 11.5. The lowest BCUT2D eigenvalue weighted by atomic mass is 10.00. The second kappa shape index (κ2) is 12.3. The van der Waals surface area contributed by atoms with Crippen LogP contribution >= 0.6 is 0 Å². The zero-order valence-electron chi connectivity index (χ0n) is 30.3. The van der Waals surface area contributed by atoms with Gasteiger partial charge < -0.3 is 13.7 Å². The number of hydrogen-bond donors (Lipinski definition) is 0. The molecule has 0 saturated heterocycles. The van der Waals surface area contributed by atoms with Gasteiger partial charge in [-0.05, 0) is 89.8 Å². The van der Waals surface area contributed by atoms with Crippen LogP contribution in [0.2, 0.25) is 0 Å². The maximum absolute atomic E-state index is 10.6. The van der Waals surface area contributed by atoms with E-state index in [4.69, 9.17) is 6.57 Å². The predicted octanol–water partition coefficient (Wildman–Crippen LogP) is 12.9. The van der Waals surface area contributed by atoms with Crippen molar-refractivity contribution in [2.24, 2.45) is 0 Å². The Morgan fingerprint density at radius 3 is 1.67 bits per heavy atom. The summed E-state index contributed by atoms with van der Waals surface area (Å²) in [7, 11) is 0. The van der Waals surface area contributed by atoms with E-state index in [9.17, 15) is 10.5 Å². The third-order valence-corrected chi connectivity index (χ3v) is 11.3. The summed E-state index contributed by atoms with van der Waals surface area (Å²) in [4.78, 5) is 3.72. The van der Waals surface area contributed by atoms with E-state index in [0.717, 1.165) is 93.6 Å². The SMILES string of the molecule is [C-]#[N+]c1ccc2c(c1)c1ccccc1n2-c1ccccc1-c1cc(C#N)cc(-n2c3ccccc3c3cccc(-n4c5ccccc5c5cc(C#N)ccc54)c32)c1. The molecule has 0 aliphatic rings. The molecule has 11 aromatic rings. The van der Waals surface area contributed by atoms with Crippen molar-refractivity contribution >= 4 is 71.1 Å². The van der Waals surface area contributed by atoms with E-state index < -0.39 is 0 Å². The van der Waals surface area contributed by atoms with Gasteiger partial charge in [-0.2, -0.15) is 10.5 Å². The van der Waals surface area contributed by atoms with Gasteiger partial charge in [-0.15, -0.1) is 0 Å². The molecule has 0 bridgehead atoms. The Morgan fingerprint density at radius 2 is 0.965 bits per heavy atom. The first-order valence-electron chi connectivity index (χ1n) is 18.7. The molecular formula is C51H28N6. The van der Waals surface area contributed by atoms with Crippen molar-refractivity contribution in [3.63, 3.8) is 0 Å². The maximum atomic E-state index is 10.6. The van der Waals surface area contributed by atoms with Crippen molar-refractivity contribution < 1.29 is 0 Å². The highest BCUT2D eigenvalue weighted by molar-refractivity contribution is 6.15.